The minimum Gasteiger partial charge on any atom is -0.0984 e. The summed E-state index contributed by atoms with van der Waals surface area (Å²) in [5.74, 6) is 0. The molecule has 0 heteroatoms. The van der Waals surface area contributed by atoms with E-state index in [0.717, 1.165) is 19.3 Å². The molecule has 7 aromatic rings. The van der Waals surface area contributed by atoms with Gasteiger partial charge in [0, 0.05) is 0 Å². The Morgan fingerprint density at radius 2 is 0.968 bits per heavy atom. The summed E-state index contributed by atoms with van der Waals surface area (Å²) in [5, 5.41) is 2.78. The molecule has 0 saturated carbocycles. The molecule has 0 spiro atoms. The van der Waals surface area contributed by atoms with Crippen molar-refractivity contribution in [2.24, 2.45) is 0 Å². The Balaban J connectivity index is 1.51. The molecule has 0 aliphatic heterocycles. The lowest BCUT2D eigenvalue weighted by Gasteiger charge is -2.30. The number of hydrogen-bond acceptors (Lipinski definition) is 0. The van der Waals surface area contributed by atoms with Crippen LogP contribution in [0.1, 0.15) is 133 Å². The van der Waals surface area contributed by atoms with Crippen molar-refractivity contribution in [3.8, 4) is 55.6 Å². The van der Waals surface area contributed by atoms with Gasteiger partial charge in [-0.15, -0.1) is 0 Å². The molecule has 0 aromatic heterocycles. The van der Waals surface area contributed by atoms with Gasteiger partial charge >= 0.3 is 0 Å². The van der Waals surface area contributed by atoms with E-state index in [0.29, 0.717) is 0 Å². The Bertz CT molecular complexity index is 2920. The molecule has 0 unspecified atom stereocenters. The fourth-order valence-corrected chi connectivity index (χ4v) is 10.2. The smallest absolute Gasteiger partial charge is 0.000719 e. The first-order valence-electron chi connectivity index (χ1n) is 23.3. The maximum absolute atomic E-state index is 4.71. The van der Waals surface area contributed by atoms with Crippen molar-refractivity contribution in [2.75, 3.05) is 0 Å². The summed E-state index contributed by atoms with van der Waals surface area (Å²) in [6.07, 6.45) is 9.95. The van der Waals surface area contributed by atoms with Gasteiger partial charge in [0.1, 0.15) is 0 Å². The van der Waals surface area contributed by atoms with Crippen LogP contribution < -0.4 is 0 Å². The number of benzene rings is 7. The molecule has 7 aromatic carbocycles. The zero-order valence-electron chi connectivity index (χ0n) is 40.0. The third kappa shape index (κ3) is 7.54. The van der Waals surface area contributed by atoms with E-state index in [4.69, 9.17) is 6.58 Å². The van der Waals surface area contributed by atoms with Crippen molar-refractivity contribution in [3.05, 3.63) is 178 Å². The first-order chi connectivity index (χ1) is 29.7. The van der Waals surface area contributed by atoms with E-state index >= 15 is 0 Å². The summed E-state index contributed by atoms with van der Waals surface area (Å²) >= 11 is 0. The summed E-state index contributed by atoms with van der Waals surface area (Å²) in [7, 11) is 0. The molecule has 9 rings (SSSR count). The number of rotatable bonds is 6. The second kappa shape index (κ2) is 15.2. The molecule has 0 fully saturated rings. The van der Waals surface area contributed by atoms with Crippen LogP contribution in [0.5, 0.6) is 0 Å². The molecule has 0 saturated heterocycles. The third-order valence-corrected chi connectivity index (χ3v) is 13.9. The average Bonchev–Trinajstić information content (AvgIpc) is 3.56. The van der Waals surface area contributed by atoms with E-state index in [1.54, 1.807) is 0 Å². The summed E-state index contributed by atoms with van der Waals surface area (Å²) in [5.41, 5.74) is 25.1. The first kappa shape index (κ1) is 42.6. The monoisotopic (exact) mass is 823 g/mol. The van der Waals surface area contributed by atoms with Gasteiger partial charge < -0.3 is 0 Å². The van der Waals surface area contributed by atoms with E-state index in [9.17, 15) is 0 Å². The molecule has 0 atom stereocenters. The molecule has 0 nitrogen and oxygen atoms in total. The highest BCUT2D eigenvalue weighted by molar-refractivity contribution is 6.24. The van der Waals surface area contributed by atoms with Crippen molar-refractivity contribution in [2.45, 2.75) is 124 Å². The summed E-state index contributed by atoms with van der Waals surface area (Å²) in [6.45, 7) is 33.0. The topological polar surface area (TPSA) is 0 Å². The fourth-order valence-electron chi connectivity index (χ4n) is 10.2. The van der Waals surface area contributed by atoms with Crippen LogP contribution in [-0.2, 0) is 40.9 Å². The highest BCUT2D eigenvalue weighted by Gasteiger charge is 2.35. The summed E-state index contributed by atoms with van der Waals surface area (Å²) < 4.78 is 0. The molecule has 0 bridgehead atoms. The van der Waals surface area contributed by atoms with Crippen LogP contribution in [0.15, 0.2) is 128 Å². The SMILES string of the molecule is C=Cc1c(/C=C\Cc2ccccc2)c(-c2cc(C(C)(C)C)cc(C(C)(C)C)c2)c2c(c1-c1cc(C(C)(C)C)cc(C(C)(C)C)c1)-c1cccc3c4c(cc-2c13)-c1ccccc1CC4. The molecular formula is C63H66. The van der Waals surface area contributed by atoms with Gasteiger partial charge in [-0.05, 0) is 163 Å². The standard InChI is InChI=1S/C63H66/c1-14-47-50(27-20-24-39-22-16-15-17-23-39)56(42-34-45(62(8,9)10)37-46(35-42)63(11,12)13)59-54-38-53-48-26-19-18-25-40(48)30-31-49(53)51-28-21-29-52(57(51)54)58(59)55(47)41-32-43(60(2,3)4)36-44(33-41)61(5,6)7/h14-23,25-29,32-38H,1,24,30-31H2,2-13H3/b27-20-. The second-order valence-electron chi connectivity index (χ2n) is 22.6. The number of allylic oxidation sites excluding steroid dienone is 1. The number of aryl methyl sites for hydroxylation is 2. The quantitative estimate of drug-likeness (QED) is 0.157. The summed E-state index contributed by atoms with van der Waals surface area (Å²) in [6, 6.07) is 44.7. The van der Waals surface area contributed by atoms with Crippen LogP contribution in [0.3, 0.4) is 0 Å². The second-order valence-corrected chi connectivity index (χ2v) is 22.6. The maximum Gasteiger partial charge on any atom is -0.000719 e. The minimum atomic E-state index is -0.0494. The molecule has 2 aliphatic carbocycles. The molecule has 0 radical (unpaired) electrons. The Labute approximate surface area is 378 Å². The van der Waals surface area contributed by atoms with Gasteiger partial charge in [-0.3, -0.25) is 0 Å². The zero-order chi connectivity index (χ0) is 44.8. The Morgan fingerprint density at radius 3 is 1.52 bits per heavy atom. The number of fused-ring (bicyclic) bond motifs is 7. The van der Waals surface area contributed by atoms with E-state index < -0.39 is 0 Å². The molecular weight excluding hydrogens is 757 g/mol. The van der Waals surface area contributed by atoms with Gasteiger partial charge in [0.2, 0.25) is 0 Å². The van der Waals surface area contributed by atoms with Crippen molar-refractivity contribution in [3.63, 3.8) is 0 Å². The predicted molar refractivity (Wildman–Crippen MR) is 276 cm³/mol. The van der Waals surface area contributed by atoms with Crippen LogP contribution in [0.4, 0.5) is 0 Å². The van der Waals surface area contributed by atoms with E-state index in [1.807, 2.05) is 0 Å². The normalized spacial score (nSPS) is 13.7. The predicted octanol–water partition coefficient (Wildman–Crippen LogP) is 17.7. The van der Waals surface area contributed by atoms with Crippen LogP contribution >= 0.6 is 0 Å². The van der Waals surface area contributed by atoms with E-state index in [1.165, 1.54) is 116 Å². The van der Waals surface area contributed by atoms with Crippen molar-refractivity contribution in [1.82, 2.24) is 0 Å². The van der Waals surface area contributed by atoms with Gasteiger partial charge in [0.25, 0.3) is 0 Å². The van der Waals surface area contributed by atoms with Crippen molar-refractivity contribution >= 4 is 22.9 Å². The first-order valence-corrected chi connectivity index (χ1v) is 23.3. The highest BCUT2D eigenvalue weighted by atomic mass is 14.4. The van der Waals surface area contributed by atoms with Crippen LogP contribution in [-0.4, -0.2) is 0 Å². The molecule has 0 amide bonds. The fraction of sp³-hybridized carbons (Fsp3) is 0.302. The van der Waals surface area contributed by atoms with Crippen LogP contribution in [0, 0.1) is 0 Å². The van der Waals surface area contributed by atoms with Gasteiger partial charge in [0.05, 0.1) is 0 Å². The number of hydrogen-bond donors (Lipinski definition) is 0. The largest absolute Gasteiger partial charge is 0.0984 e. The van der Waals surface area contributed by atoms with E-state index in [2.05, 4.69) is 217 Å². The third-order valence-electron chi connectivity index (χ3n) is 13.9. The van der Waals surface area contributed by atoms with Gasteiger partial charge in [0.15, 0.2) is 0 Å². The van der Waals surface area contributed by atoms with Gasteiger partial charge in [-0.25, -0.2) is 0 Å². The molecule has 2 aliphatic rings. The Kier molecular flexibility index (Phi) is 10.3. The highest BCUT2D eigenvalue weighted by Crippen LogP contribution is 2.60. The van der Waals surface area contributed by atoms with Crippen molar-refractivity contribution in [1.29, 1.82) is 0 Å². The van der Waals surface area contributed by atoms with E-state index in [-0.39, 0.29) is 21.7 Å². The zero-order valence-corrected chi connectivity index (χ0v) is 40.0. The lowest BCUT2D eigenvalue weighted by Crippen LogP contribution is -2.17. The maximum atomic E-state index is 4.71. The van der Waals surface area contributed by atoms with Crippen LogP contribution in [0.25, 0.3) is 78.6 Å². The van der Waals surface area contributed by atoms with Crippen LogP contribution in [0.2, 0.25) is 0 Å². The molecule has 318 valence electrons. The minimum absolute atomic E-state index is 0.0436. The average molecular weight is 823 g/mol. The Morgan fingerprint density at radius 1 is 0.460 bits per heavy atom. The van der Waals surface area contributed by atoms with Gasteiger partial charge in [-0.1, -0.05) is 217 Å². The molecule has 0 heterocycles. The molecule has 63 heavy (non-hydrogen) atoms. The van der Waals surface area contributed by atoms with Gasteiger partial charge in [-0.2, -0.15) is 0 Å². The summed E-state index contributed by atoms with van der Waals surface area (Å²) in [4.78, 5) is 0. The van der Waals surface area contributed by atoms with Crippen molar-refractivity contribution < 1.29 is 0 Å². The Hall–Kier alpha value is -5.72. The molecule has 0 N–H and O–H groups in total. The lowest BCUT2D eigenvalue weighted by molar-refractivity contribution is 0.568. The lowest BCUT2D eigenvalue weighted by atomic mass is 9.74.